The number of nitrogens with one attached hydrogen (secondary N) is 1. The van der Waals surface area contributed by atoms with Gasteiger partial charge in [-0.25, -0.2) is 5.10 Å². The SMILES string of the molecule is CCN(C)c1ccc(-c2nn[nH]c2C#N)cc1/C=C/c1cccc(C(F)(F)F)c1. The number of H-pyrrole nitrogens is 1. The van der Waals surface area contributed by atoms with E-state index >= 15 is 0 Å². The van der Waals surface area contributed by atoms with Crippen molar-refractivity contribution in [3.63, 3.8) is 0 Å². The average molecular weight is 397 g/mol. The van der Waals surface area contributed by atoms with Gasteiger partial charge >= 0.3 is 6.18 Å². The van der Waals surface area contributed by atoms with E-state index in [2.05, 4.69) is 15.4 Å². The van der Waals surface area contributed by atoms with Crippen molar-refractivity contribution in [3.8, 4) is 17.3 Å². The van der Waals surface area contributed by atoms with Crippen molar-refractivity contribution in [2.45, 2.75) is 13.1 Å². The first-order valence-corrected chi connectivity index (χ1v) is 8.85. The van der Waals surface area contributed by atoms with Gasteiger partial charge in [0, 0.05) is 24.8 Å². The summed E-state index contributed by atoms with van der Waals surface area (Å²) < 4.78 is 38.9. The van der Waals surface area contributed by atoms with Gasteiger partial charge in [0.15, 0.2) is 5.69 Å². The standard InChI is InChI=1S/C21H18F3N5/c1-3-29(2)19-10-9-16(20-18(13-25)26-28-27-20)12-15(19)8-7-14-5-4-6-17(11-14)21(22,23)24/h4-12H,3H2,1-2H3,(H,26,27,28)/b8-7+. The molecule has 0 saturated carbocycles. The number of nitrogens with zero attached hydrogens (tertiary/aromatic N) is 4. The van der Waals surface area contributed by atoms with E-state index in [9.17, 15) is 18.4 Å². The number of rotatable bonds is 5. The van der Waals surface area contributed by atoms with E-state index in [1.54, 1.807) is 18.2 Å². The molecule has 148 valence electrons. The van der Waals surface area contributed by atoms with Gasteiger partial charge in [-0.1, -0.05) is 35.6 Å². The van der Waals surface area contributed by atoms with E-state index in [1.807, 2.05) is 43.1 Å². The van der Waals surface area contributed by atoms with E-state index < -0.39 is 11.7 Å². The summed E-state index contributed by atoms with van der Waals surface area (Å²) in [4.78, 5) is 2.02. The molecule has 1 aromatic heterocycles. The molecule has 0 aliphatic carbocycles. The Labute approximate surface area is 166 Å². The normalized spacial score (nSPS) is 11.6. The van der Waals surface area contributed by atoms with Gasteiger partial charge in [0.05, 0.1) is 5.56 Å². The van der Waals surface area contributed by atoms with Crippen LogP contribution in [-0.4, -0.2) is 29.0 Å². The van der Waals surface area contributed by atoms with Crippen LogP contribution >= 0.6 is 0 Å². The van der Waals surface area contributed by atoms with Crippen molar-refractivity contribution >= 4 is 17.8 Å². The zero-order chi connectivity index (χ0) is 21.0. The van der Waals surface area contributed by atoms with Gasteiger partial charge in [-0.2, -0.15) is 18.4 Å². The van der Waals surface area contributed by atoms with E-state index in [-0.39, 0.29) is 5.69 Å². The third-order valence-corrected chi connectivity index (χ3v) is 4.52. The minimum Gasteiger partial charge on any atom is -0.374 e. The first kappa shape index (κ1) is 20.1. The maximum absolute atomic E-state index is 13.0. The number of hydrogen-bond donors (Lipinski definition) is 1. The van der Waals surface area contributed by atoms with Crippen LogP contribution in [0.25, 0.3) is 23.4 Å². The van der Waals surface area contributed by atoms with Crippen LogP contribution in [0.5, 0.6) is 0 Å². The summed E-state index contributed by atoms with van der Waals surface area (Å²) >= 11 is 0. The largest absolute Gasteiger partial charge is 0.416 e. The van der Waals surface area contributed by atoms with Gasteiger partial charge < -0.3 is 4.90 Å². The fraction of sp³-hybridized carbons (Fsp3) is 0.190. The first-order valence-electron chi connectivity index (χ1n) is 8.85. The fourth-order valence-electron chi connectivity index (χ4n) is 2.87. The molecule has 3 rings (SSSR count). The monoisotopic (exact) mass is 397 g/mol. The Bertz CT molecular complexity index is 1080. The quantitative estimate of drug-likeness (QED) is 0.616. The molecule has 0 atom stereocenters. The molecule has 0 radical (unpaired) electrons. The minimum atomic E-state index is -4.39. The van der Waals surface area contributed by atoms with Crippen molar-refractivity contribution in [1.29, 1.82) is 5.26 Å². The Hall–Kier alpha value is -3.60. The second kappa shape index (κ2) is 8.19. The molecule has 1 heterocycles. The van der Waals surface area contributed by atoms with Crippen LogP contribution < -0.4 is 4.90 Å². The third-order valence-electron chi connectivity index (χ3n) is 4.52. The highest BCUT2D eigenvalue weighted by Gasteiger charge is 2.30. The molecule has 3 aromatic rings. The number of nitriles is 1. The second-order valence-corrected chi connectivity index (χ2v) is 6.39. The van der Waals surface area contributed by atoms with Crippen molar-refractivity contribution < 1.29 is 13.2 Å². The lowest BCUT2D eigenvalue weighted by Crippen LogP contribution is -2.16. The second-order valence-electron chi connectivity index (χ2n) is 6.39. The summed E-state index contributed by atoms with van der Waals surface area (Å²) in [5, 5.41) is 19.4. The molecule has 2 aromatic carbocycles. The Balaban J connectivity index is 2.03. The maximum atomic E-state index is 13.0. The van der Waals surface area contributed by atoms with E-state index in [4.69, 9.17) is 0 Å². The molecule has 0 bridgehead atoms. The smallest absolute Gasteiger partial charge is 0.374 e. The molecule has 8 heteroatoms. The number of halogens is 3. The maximum Gasteiger partial charge on any atom is 0.416 e. The molecule has 1 N–H and O–H groups in total. The predicted octanol–water partition coefficient (Wildman–Crippen LogP) is 4.99. The first-order chi connectivity index (χ1) is 13.8. The Morgan fingerprint density at radius 2 is 1.97 bits per heavy atom. The van der Waals surface area contributed by atoms with E-state index in [1.165, 1.54) is 6.07 Å². The fourth-order valence-corrected chi connectivity index (χ4v) is 2.87. The topological polar surface area (TPSA) is 68.6 Å². The van der Waals surface area contributed by atoms with Gasteiger partial charge in [-0.15, -0.1) is 5.10 Å². The number of alkyl halides is 3. The Morgan fingerprint density at radius 3 is 2.66 bits per heavy atom. The minimum absolute atomic E-state index is 0.245. The average Bonchev–Trinajstić information content (AvgIpc) is 3.20. The molecular weight excluding hydrogens is 379 g/mol. The highest BCUT2D eigenvalue weighted by Crippen LogP contribution is 2.31. The van der Waals surface area contributed by atoms with Gasteiger partial charge in [0.2, 0.25) is 0 Å². The summed E-state index contributed by atoms with van der Waals surface area (Å²) in [7, 11) is 1.92. The number of aromatic nitrogens is 3. The molecule has 0 aliphatic heterocycles. The molecular formula is C21H18F3N5. The lowest BCUT2D eigenvalue weighted by Gasteiger charge is -2.20. The molecule has 0 amide bonds. The number of benzene rings is 2. The zero-order valence-electron chi connectivity index (χ0n) is 15.8. The van der Waals surface area contributed by atoms with Crippen molar-refractivity contribution in [2.24, 2.45) is 0 Å². The third kappa shape index (κ3) is 4.46. The zero-order valence-corrected chi connectivity index (χ0v) is 15.8. The molecule has 0 saturated heterocycles. The van der Waals surface area contributed by atoms with Crippen LogP contribution in [0.1, 0.15) is 29.3 Å². The molecule has 5 nitrogen and oxygen atoms in total. The number of hydrogen-bond acceptors (Lipinski definition) is 4. The lowest BCUT2D eigenvalue weighted by molar-refractivity contribution is -0.137. The van der Waals surface area contributed by atoms with Crippen LogP contribution in [0.4, 0.5) is 18.9 Å². The van der Waals surface area contributed by atoms with Crippen LogP contribution in [0, 0.1) is 11.3 Å². The molecule has 0 aliphatic rings. The van der Waals surface area contributed by atoms with Crippen LogP contribution in [0.2, 0.25) is 0 Å². The molecule has 0 spiro atoms. The summed E-state index contributed by atoms with van der Waals surface area (Å²) in [5.74, 6) is 0. The van der Waals surface area contributed by atoms with Crippen LogP contribution in [0.3, 0.4) is 0 Å². The summed E-state index contributed by atoms with van der Waals surface area (Å²) in [6.45, 7) is 2.75. The number of anilines is 1. The Morgan fingerprint density at radius 1 is 1.17 bits per heavy atom. The van der Waals surface area contributed by atoms with Gasteiger partial charge in [0.1, 0.15) is 11.8 Å². The highest BCUT2D eigenvalue weighted by molar-refractivity contribution is 5.81. The predicted molar refractivity (Wildman–Crippen MR) is 106 cm³/mol. The summed E-state index contributed by atoms with van der Waals surface area (Å²) in [5.41, 5.74) is 2.79. The van der Waals surface area contributed by atoms with Gasteiger partial charge in [-0.3, -0.25) is 0 Å². The molecule has 29 heavy (non-hydrogen) atoms. The Kier molecular flexibility index (Phi) is 5.69. The van der Waals surface area contributed by atoms with Crippen molar-refractivity contribution in [2.75, 3.05) is 18.5 Å². The summed E-state index contributed by atoms with van der Waals surface area (Å²) in [6.07, 6.45) is -1.00. The molecule has 0 unspecified atom stereocenters. The number of aromatic amines is 1. The lowest BCUT2D eigenvalue weighted by atomic mass is 10.0. The van der Waals surface area contributed by atoms with E-state index in [0.29, 0.717) is 16.8 Å². The van der Waals surface area contributed by atoms with Crippen molar-refractivity contribution in [1.82, 2.24) is 15.4 Å². The summed E-state index contributed by atoms with van der Waals surface area (Å²) in [6, 6.07) is 12.7. The van der Waals surface area contributed by atoms with Gasteiger partial charge in [-0.05, 0) is 42.3 Å². The molecule has 0 fully saturated rings. The van der Waals surface area contributed by atoms with Crippen LogP contribution in [0.15, 0.2) is 42.5 Å². The van der Waals surface area contributed by atoms with Gasteiger partial charge in [0.25, 0.3) is 0 Å². The van der Waals surface area contributed by atoms with E-state index in [0.717, 1.165) is 29.9 Å². The van der Waals surface area contributed by atoms with Crippen molar-refractivity contribution in [3.05, 3.63) is 64.8 Å². The van der Waals surface area contributed by atoms with Crippen LogP contribution in [-0.2, 0) is 6.18 Å². The highest BCUT2D eigenvalue weighted by atomic mass is 19.4.